The van der Waals surface area contributed by atoms with Crippen LogP contribution in [0.15, 0.2) is 54.7 Å². The summed E-state index contributed by atoms with van der Waals surface area (Å²) < 4.78 is 5.87. The first-order valence-corrected chi connectivity index (χ1v) is 11.0. The number of ether oxygens (including phenoxy) is 1. The summed E-state index contributed by atoms with van der Waals surface area (Å²) in [6, 6.07) is 16.2. The first-order valence-electron chi connectivity index (χ1n) is 11.0. The molecular weight excluding hydrogens is 372 g/mol. The molecule has 1 saturated carbocycles. The maximum atomic E-state index is 13.7. The molecule has 1 aliphatic rings. The van der Waals surface area contributed by atoms with Crippen molar-refractivity contribution in [1.82, 2.24) is 4.98 Å². The molecule has 3 aromatic rings. The summed E-state index contributed by atoms with van der Waals surface area (Å²) in [6.07, 6.45) is 7.82. The van der Waals surface area contributed by atoms with Gasteiger partial charge in [-0.1, -0.05) is 56.0 Å². The van der Waals surface area contributed by atoms with Gasteiger partial charge in [-0.05, 0) is 56.0 Å². The number of hydrogen-bond donors (Lipinski definition) is 1. The Balaban J connectivity index is 1.69. The first-order chi connectivity index (χ1) is 14.6. The molecule has 4 rings (SSSR count). The maximum Gasteiger partial charge on any atom is 0.235 e. The smallest absolute Gasteiger partial charge is 0.235 e. The molecule has 1 aliphatic carbocycles. The predicted molar refractivity (Wildman–Crippen MR) is 122 cm³/mol. The van der Waals surface area contributed by atoms with E-state index in [0.717, 1.165) is 60.0 Å². The molecule has 4 nitrogen and oxygen atoms in total. The predicted octanol–water partition coefficient (Wildman–Crippen LogP) is 6.17. The van der Waals surface area contributed by atoms with Crippen LogP contribution in [0.2, 0.25) is 0 Å². The fourth-order valence-electron chi connectivity index (χ4n) is 4.50. The number of nitrogens with one attached hydrogen (secondary N) is 1. The number of hydrogen-bond acceptors (Lipinski definition) is 3. The Bertz CT molecular complexity index is 1020. The standard InChI is InChI=1S/C26H30N2O2/c1-3-18-30-23-14-13-22(21-8-7-17-27-24(21)23)28-25(29)26(15-5-4-6-16-26)20-11-9-19(2)10-12-20/h7-14,17H,3-6,15-16,18H2,1-2H3,(H,28,29). The third kappa shape index (κ3) is 3.91. The van der Waals surface area contributed by atoms with Crippen molar-refractivity contribution < 1.29 is 9.53 Å². The number of fused-ring (bicyclic) bond motifs is 1. The summed E-state index contributed by atoms with van der Waals surface area (Å²) >= 11 is 0. The molecule has 156 valence electrons. The molecule has 0 bridgehead atoms. The van der Waals surface area contributed by atoms with Gasteiger partial charge in [-0.3, -0.25) is 9.78 Å². The van der Waals surface area contributed by atoms with Crippen molar-refractivity contribution in [3.8, 4) is 5.75 Å². The van der Waals surface area contributed by atoms with E-state index in [1.54, 1.807) is 6.20 Å². The van der Waals surface area contributed by atoms with Gasteiger partial charge in [-0.25, -0.2) is 0 Å². The van der Waals surface area contributed by atoms with Crippen LogP contribution >= 0.6 is 0 Å². The van der Waals surface area contributed by atoms with Gasteiger partial charge in [-0.15, -0.1) is 0 Å². The van der Waals surface area contributed by atoms with Crippen LogP contribution in [0.3, 0.4) is 0 Å². The number of aryl methyl sites for hydroxylation is 1. The molecule has 0 saturated heterocycles. The second kappa shape index (κ2) is 8.86. The van der Waals surface area contributed by atoms with Crippen molar-refractivity contribution in [3.05, 3.63) is 65.9 Å². The Labute approximate surface area is 178 Å². The van der Waals surface area contributed by atoms with Gasteiger partial charge in [0.15, 0.2) is 0 Å². The number of carbonyl (C=O) groups is 1. The van der Waals surface area contributed by atoms with Crippen molar-refractivity contribution in [2.24, 2.45) is 0 Å². The molecule has 0 radical (unpaired) electrons. The minimum absolute atomic E-state index is 0.0819. The molecule has 0 atom stereocenters. The lowest BCUT2D eigenvalue weighted by Crippen LogP contribution is -2.42. The number of nitrogens with zero attached hydrogens (tertiary/aromatic N) is 1. The van der Waals surface area contributed by atoms with Crippen molar-refractivity contribution >= 4 is 22.5 Å². The van der Waals surface area contributed by atoms with E-state index >= 15 is 0 Å². The van der Waals surface area contributed by atoms with Crippen LogP contribution in [0.1, 0.15) is 56.6 Å². The van der Waals surface area contributed by atoms with E-state index in [2.05, 4.69) is 48.4 Å². The first kappa shape index (κ1) is 20.4. The van der Waals surface area contributed by atoms with Gasteiger partial charge in [0.2, 0.25) is 5.91 Å². The van der Waals surface area contributed by atoms with Crippen molar-refractivity contribution in [1.29, 1.82) is 0 Å². The van der Waals surface area contributed by atoms with E-state index in [9.17, 15) is 4.79 Å². The number of benzene rings is 2. The van der Waals surface area contributed by atoms with Crippen LogP contribution in [0.5, 0.6) is 5.75 Å². The van der Waals surface area contributed by atoms with Crippen LogP contribution in [0.25, 0.3) is 10.9 Å². The molecular formula is C26H30N2O2. The summed E-state index contributed by atoms with van der Waals surface area (Å²) in [4.78, 5) is 18.2. The zero-order valence-electron chi connectivity index (χ0n) is 17.9. The van der Waals surface area contributed by atoms with Gasteiger partial charge in [-0.2, -0.15) is 0 Å². The average Bonchev–Trinajstić information content (AvgIpc) is 2.79. The summed E-state index contributed by atoms with van der Waals surface area (Å²) in [5.74, 6) is 0.842. The van der Waals surface area contributed by atoms with Crippen LogP contribution in [-0.2, 0) is 10.2 Å². The quantitative estimate of drug-likeness (QED) is 0.536. The summed E-state index contributed by atoms with van der Waals surface area (Å²) in [5, 5.41) is 4.17. The molecule has 1 aromatic heterocycles. The van der Waals surface area contributed by atoms with Crippen LogP contribution < -0.4 is 10.1 Å². The van der Waals surface area contributed by atoms with Crippen molar-refractivity contribution in [2.75, 3.05) is 11.9 Å². The van der Waals surface area contributed by atoms with Crippen LogP contribution in [0.4, 0.5) is 5.69 Å². The Hall–Kier alpha value is -2.88. The highest BCUT2D eigenvalue weighted by atomic mass is 16.5. The molecule has 4 heteroatoms. The molecule has 1 N–H and O–H groups in total. The highest BCUT2D eigenvalue weighted by Crippen LogP contribution is 2.41. The molecule has 1 fully saturated rings. The molecule has 0 aliphatic heterocycles. The van der Waals surface area contributed by atoms with Crippen LogP contribution in [0, 0.1) is 6.92 Å². The van der Waals surface area contributed by atoms with Gasteiger partial charge in [0.1, 0.15) is 11.3 Å². The Morgan fingerprint density at radius 2 is 1.83 bits per heavy atom. The normalized spacial score (nSPS) is 15.7. The summed E-state index contributed by atoms with van der Waals surface area (Å²) in [7, 11) is 0. The largest absolute Gasteiger partial charge is 0.491 e. The average molecular weight is 403 g/mol. The minimum Gasteiger partial charge on any atom is -0.491 e. The van der Waals surface area contributed by atoms with E-state index in [4.69, 9.17) is 4.74 Å². The number of amides is 1. The lowest BCUT2D eigenvalue weighted by atomic mass is 9.68. The number of aromatic nitrogens is 1. The number of pyridine rings is 1. The zero-order chi connectivity index (χ0) is 21.0. The van der Waals surface area contributed by atoms with E-state index < -0.39 is 5.41 Å². The van der Waals surface area contributed by atoms with Crippen molar-refractivity contribution in [2.45, 2.75) is 57.8 Å². The van der Waals surface area contributed by atoms with Gasteiger partial charge in [0.05, 0.1) is 17.7 Å². The van der Waals surface area contributed by atoms with E-state index in [1.165, 1.54) is 12.0 Å². The van der Waals surface area contributed by atoms with Gasteiger partial charge >= 0.3 is 0 Å². The fraction of sp³-hybridized carbons (Fsp3) is 0.385. The molecule has 0 spiro atoms. The summed E-state index contributed by atoms with van der Waals surface area (Å²) in [6.45, 7) is 4.81. The van der Waals surface area contributed by atoms with Gasteiger partial charge in [0, 0.05) is 11.6 Å². The maximum absolute atomic E-state index is 13.7. The van der Waals surface area contributed by atoms with Crippen molar-refractivity contribution in [3.63, 3.8) is 0 Å². The monoisotopic (exact) mass is 402 g/mol. The summed E-state index contributed by atoms with van der Waals surface area (Å²) in [5.41, 5.74) is 3.44. The number of carbonyl (C=O) groups excluding carboxylic acids is 1. The third-order valence-corrected chi connectivity index (χ3v) is 6.19. The van der Waals surface area contributed by atoms with E-state index in [1.807, 2.05) is 24.3 Å². The Kier molecular flexibility index (Phi) is 6.03. The molecule has 30 heavy (non-hydrogen) atoms. The van der Waals surface area contributed by atoms with Gasteiger partial charge < -0.3 is 10.1 Å². The molecule has 0 unspecified atom stereocenters. The zero-order valence-corrected chi connectivity index (χ0v) is 17.9. The Morgan fingerprint density at radius 1 is 1.07 bits per heavy atom. The second-order valence-corrected chi connectivity index (χ2v) is 8.32. The minimum atomic E-state index is -0.474. The second-order valence-electron chi connectivity index (χ2n) is 8.32. The topological polar surface area (TPSA) is 51.2 Å². The lowest BCUT2D eigenvalue weighted by Gasteiger charge is -2.36. The van der Waals surface area contributed by atoms with Gasteiger partial charge in [0.25, 0.3) is 0 Å². The molecule has 1 amide bonds. The lowest BCUT2D eigenvalue weighted by molar-refractivity contribution is -0.122. The van der Waals surface area contributed by atoms with E-state index in [-0.39, 0.29) is 5.91 Å². The molecule has 2 aromatic carbocycles. The number of rotatable bonds is 6. The molecule has 1 heterocycles. The Morgan fingerprint density at radius 3 is 2.57 bits per heavy atom. The highest BCUT2D eigenvalue weighted by molar-refractivity contribution is 6.06. The van der Waals surface area contributed by atoms with E-state index in [0.29, 0.717) is 6.61 Å². The highest BCUT2D eigenvalue weighted by Gasteiger charge is 2.41. The number of anilines is 1. The SMILES string of the molecule is CCCOc1ccc(NC(=O)C2(c3ccc(C)cc3)CCCCC2)c2cccnc12. The fourth-order valence-corrected chi connectivity index (χ4v) is 4.50. The van der Waals surface area contributed by atoms with Crippen LogP contribution in [-0.4, -0.2) is 17.5 Å². The third-order valence-electron chi connectivity index (χ3n) is 6.19.